The van der Waals surface area contributed by atoms with E-state index >= 15 is 0 Å². The molecule has 0 unspecified atom stereocenters. The zero-order valence-corrected chi connectivity index (χ0v) is 22.3. The summed E-state index contributed by atoms with van der Waals surface area (Å²) in [6, 6.07) is 12.9. The van der Waals surface area contributed by atoms with E-state index in [-0.39, 0.29) is 16.9 Å². The molecule has 1 heterocycles. The van der Waals surface area contributed by atoms with E-state index in [4.69, 9.17) is 5.11 Å². The molecule has 0 atom stereocenters. The highest BCUT2D eigenvalue weighted by Gasteiger charge is 2.24. The number of benzene rings is 2. The van der Waals surface area contributed by atoms with Crippen LogP contribution in [0.4, 0.5) is 4.79 Å². The summed E-state index contributed by atoms with van der Waals surface area (Å²) >= 11 is 0. The Labute approximate surface area is 213 Å². The highest BCUT2D eigenvalue weighted by molar-refractivity contribution is 7.90. The molecule has 36 heavy (non-hydrogen) atoms. The molecule has 0 aliphatic carbocycles. The van der Waals surface area contributed by atoms with Crippen LogP contribution in [0.5, 0.6) is 0 Å². The van der Waals surface area contributed by atoms with Gasteiger partial charge in [0, 0.05) is 29.9 Å². The summed E-state index contributed by atoms with van der Waals surface area (Å²) < 4.78 is 34.8. The number of nitrogens with zero attached hydrogens (tertiary/aromatic N) is 2. The van der Waals surface area contributed by atoms with Crippen LogP contribution in [0.2, 0.25) is 0 Å². The summed E-state index contributed by atoms with van der Waals surface area (Å²) in [4.78, 5) is 16.4. The molecule has 1 amide bonds. The maximum Gasteiger partial charge on any atom is 0.421 e. The highest BCUT2D eigenvalue weighted by Crippen LogP contribution is 2.30. The second-order valence-electron chi connectivity index (χ2n) is 10.2. The smallest absolute Gasteiger partial charge is 0.421 e. The van der Waals surface area contributed by atoms with Crippen LogP contribution in [0.1, 0.15) is 51.6 Å². The number of sulfonamides is 1. The van der Waals surface area contributed by atoms with Crippen molar-refractivity contribution < 1.29 is 23.1 Å². The first-order valence-corrected chi connectivity index (χ1v) is 13.4. The van der Waals surface area contributed by atoms with Gasteiger partial charge in [-0.2, -0.15) is 0 Å². The van der Waals surface area contributed by atoms with Crippen molar-refractivity contribution in [1.82, 2.24) is 14.3 Å². The van der Waals surface area contributed by atoms with Crippen LogP contribution in [0.3, 0.4) is 0 Å². The van der Waals surface area contributed by atoms with Gasteiger partial charge in [-0.1, -0.05) is 65.0 Å². The maximum atomic E-state index is 13.1. The van der Waals surface area contributed by atoms with E-state index in [1.165, 1.54) is 6.07 Å². The molecule has 9 heteroatoms. The van der Waals surface area contributed by atoms with Gasteiger partial charge in [-0.3, -0.25) is 0 Å². The standard InChI is InChI=1S/C27H35N3O5S/c1-19(2)16-21-8-11-24(36(33,34)29-26(32)35-15-14-31)23(17-21)22-9-6-20(7-10-22)18-30-13-12-28-25(30)27(3,4)5/h6-13,17,19,31H,14-16,18H2,1-5H3,(H,29,32). The van der Waals surface area contributed by atoms with E-state index in [2.05, 4.69) is 48.9 Å². The van der Waals surface area contributed by atoms with Crippen molar-refractivity contribution in [1.29, 1.82) is 0 Å². The first kappa shape index (κ1) is 27.4. The topological polar surface area (TPSA) is 111 Å². The summed E-state index contributed by atoms with van der Waals surface area (Å²) in [5.41, 5.74) is 3.18. The van der Waals surface area contributed by atoms with Crippen LogP contribution in [-0.4, -0.2) is 42.4 Å². The number of carbonyl (C=O) groups is 1. The Hall–Kier alpha value is -3.17. The fourth-order valence-electron chi connectivity index (χ4n) is 4.04. The van der Waals surface area contributed by atoms with Gasteiger partial charge >= 0.3 is 6.09 Å². The second-order valence-corrected chi connectivity index (χ2v) is 11.9. The Morgan fingerprint density at radius 1 is 1.11 bits per heavy atom. The Morgan fingerprint density at radius 2 is 1.78 bits per heavy atom. The molecule has 3 rings (SSSR count). The fraction of sp³-hybridized carbons (Fsp3) is 0.407. The lowest BCUT2D eigenvalue weighted by atomic mass is 9.95. The second kappa shape index (κ2) is 11.3. The average molecular weight is 514 g/mol. The van der Waals surface area contributed by atoms with Gasteiger partial charge in [0.1, 0.15) is 12.4 Å². The van der Waals surface area contributed by atoms with Gasteiger partial charge in [0.15, 0.2) is 0 Å². The van der Waals surface area contributed by atoms with Crippen molar-refractivity contribution in [3.8, 4) is 11.1 Å². The van der Waals surface area contributed by atoms with Gasteiger partial charge in [0.25, 0.3) is 10.0 Å². The zero-order valence-electron chi connectivity index (χ0n) is 21.5. The SMILES string of the molecule is CC(C)Cc1ccc(S(=O)(=O)NC(=O)OCCO)c(-c2ccc(Cn3ccnc3C(C)(C)C)cc2)c1. The molecular weight excluding hydrogens is 478 g/mol. The van der Waals surface area contributed by atoms with Gasteiger partial charge in [-0.25, -0.2) is 22.9 Å². The molecule has 194 valence electrons. The summed E-state index contributed by atoms with van der Waals surface area (Å²) in [5, 5.41) is 8.82. The maximum absolute atomic E-state index is 13.1. The van der Waals surface area contributed by atoms with Gasteiger partial charge in [-0.15, -0.1) is 0 Å². The van der Waals surface area contributed by atoms with Crippen molar-refractivity contribution in [2.75, 3.05) is 13.2 Å². The number of hydrogen-bond donors (Lipinski definition) is 2. The quantitative estimate of drug-likeness (QED) is 0.436. The van der Waals surface area contributed by atoms with E-state index in [1.54, 1.807) is 12.3 Å². The lowest BCUT2D eigenvalue weighted by molar-refractivity contribution is 0.124. The van der Waals surface area contributed by atoms with Gasteiger partial charge in [-0.05, 0) is 41.2 Å². The Balaban J connectivity index is 1.96. The molecule has 0 saturated carbocycles. The van der Waals surface area contributed by atoms with E-state index in [0.29, 0.717) is 18.0 Å². The number of nitrogens with one attached hydrogen (secondary N) is 1. The third kappa shape index (κ3) is 6.95. The van der Waals surface area contributed by atoms with E-state index in [1.807, 2.05) is 41.3 Å². The zero-order chi connectivity index (χ0) is 26.5. The summed E-state index contributed by atoms with van der Waals surface area (Å²) in [5.74, 6) is 1.38. The van der Waals surface area contributed by atoms with E-state index < -0.39 is 22.7 Å². The molecule has 0 spiro atoms. The van der Waals surface area contributed by atoms with Gasteiger partial charge < -0.3 is 14.4 Å². The minimum absolute atomic E-state index is 0.0201. The molecule has 3 aromatic rings. The molecule has 2 N–H and O–H groups in total. The van der Waals surface area contributed by atoms with Crippen LogP contribution < -0.4 is 4.72 Å². The first-order valence-electron chi connectivity index (χ1n) is 11.9. The van der Waals surface area contributed by atoms with E-state index in [0.717, 1.165) is 28.9 Å². The number of hydrogen-bond acceptors (Lipinski definition) is 6. The van der Waals surface area contributed by atoms with Crippen LogP contribution >= 0.6 is 0 Å². The number of aliphatic hydroxyl groups is 1. The highest BCUT2D eigenvalue weighted by atomic mass is 32.2. The van der Waals surface area contributed by atoms with Crippen LogP contribution in [0.25, 0.3) is 11.1 Å². The number of amides is 1. The Bertz CT molecular complexity index is 1290. The van der Waals surface area contributed by atoms with Crippen LogP contribution in [0.15, 0.2) is 59.8 Å². The molecule has 0 radical (unpaired) electrons. The van der Waals surface area contributed by atoms with Crippen molar-refractivity contribution in [2.24, 2.45) is 5.92 Å². The fourth-order valence-corrected chi connectivity index (χ4v) is 5.14. The average Bonchev–Trinajstić information content (AvgIpc) is 3.26. The van der Waals surface area contributed by atoms with Crippen LogP contribution in [-0.2, 0) is 33.1 Å². The largest absolute Gasteiger partial charge is 0.446 e. The Kier molecular flexibility index (Phi) is 8.58. The summed E-state index contributed by atoms with van der Waals surface area (Å²) in [7, 11) is -4.21. The third-order valence-electron chi connectivity index (χ3n) is 5.52. The van der Waals surface area contributed by atoms with Crippen LogP contribution in [0, 0.1) is 5.92 Å². The third-order valence-corrected chi connectivity index (χ3v) is 6.89. The van der Waals surface area contributed by atoms with Crippen molar-refractivity contribution >= 4 is 16.1 Å². The number of rotatable bonds is 9. The number of aliphatic hydroxyl groups excluding tert-OH is 1. The minimum Gasteiger partial charge on any atom is -0.446 e. The monoisotopic (exact) mass is 513 g/mol. The van der Waals surface area contributed by atoms with Gasteiger partial charge in [0.05, 0.1) is 11.5 Å². The predicted octanol–water partition coefficient (Wildman–Crippen LogP) is 4.50. The molecular formula is C27H35N3O5S. The molecule has 0 aliphatic heterocycles. The molecule has 0 saturated heterocycles. The molecule has 8 nitrogen and oxygen atoms in total. The number of ether oxygens (including phenoxy) is 1. The summed E-state index contributed by atoms with van der Waals surface area (Å²) in [6.07, 6.45) is 3.40. The number of carbonyl (C=O) groups excluding carboxylic acids is 1. The van der Waals surface area contributed by atoms with Crippen molar-refractivity contribution in [3.63, 3.8) is 0 Å². The lowest BCUT2D eigenvalue weighted by Gasteiger charge is -2.20. The molecule has 2 aromatic carbocycles. The van der Waals surface area contributed by atoms with Crippen molar-refractivity contribution in [3.05, 3.63) is 71.8 Å². The first-order chi connectivity index (χ1) is 16.9. The van der Waals surface area contributed by atoms with Crippen molar-refractivity contribution in [2.45, 2.75) is 57.9 Å². The molecule has 0 aliphatic rings. The number of aromatic nitrogens is 2. The normalized spacial score (nSPS) is 12.1. The Morgan fingerprint density at radius 3 is 2.39 bits per heavy atom. The number of imidazole rings is 1. The summed E-state index contributed by atoms with van der Waals surface area (Å²) in [6.45, 7) is 10.5. The molecule has 0 fully saturated rings. The molecule has 0 bridgehead atoms. The predicted molar refractivity (Wildman–Crippen MR) is 139 cm³/mol. The van der Waals surface area contributed by atoms with Gasteiger partial charge in [0.2, 0.25) is 0 Å². The minimum atomic E-state index is -4.21. The van der Waals surface area contributed by atoms with E-state index in [9.17, 15) is 13.2 Å². The molecule has 1 aromatic heterocycles. The lowest BCUT2D eigenvalue weighted by Crippen LogP contribution is -2.32.